The largest absolute Gasteiger partial charge is 0.444 e. The van der Waals surface area contributed by atoms with Crippen molar-refractivity contribution in [2.45, 2.75) is 39.0 Å². The van der Waals surface area contributed by atoms with E-state index in [2.05, 4.69) is 15.4 Å². The van der Waals surface area contributed by atoms with E-state index in [9.17, 15) is 9.59 Å². The molecule has 1 saturated heterocycles. The molecule has 0 unspecified atom stereocenters. The van der Waals surface area contributed by atoms with Crippen molar-refractivity contribution in [1.29, 1.82) is 0 Å². The van der Waals surface area contributed by atoms with Gasteiger partial charge >= 0.3 is 6.09 Å². The molecular weight excluding hydrogens is 427 g/mol. The first-order valence-electron chi connectivity index (χ1n) is 10.8. The number of nitrogens with zero attached hydrogens (tertiary/aromatic N) is 6. The lowest BCUT2D eigenvalue weighted by molar-refractivity contribution is -0.117. The lowest BCUT2D eigenvalue weighted by atomic mass is 10.00. The van der Waals surface area contributed by atoms with E-state index in [1.165, 1.54) is 22.7 Å². The summed E-state index contributed by atoms with van der Waals surface area (Å²) in [6, 6.07) is 10.6. The molecule has 0 spiro atoms. The van der Waals surface area contributed by atoms with Crippen LogP contribution < -0.4 is 9.80 Å². The van der Waals surface area contributed by atoms with Gasteiger partial charge in [0, 0.05) is 25.1 Å². The highest BCUT2D eigenvalue weighted by molar-refractivity contribution is 5.90. The van der Waals surface area contributed by atoms with Crippen LogP contribution in [0.15, 0.2) is 36.4 Å². The molecule has 5 rings (SSSR count). The van der Waals surface area contributed by atoms with Crippen molar-refractivity contribution in [1.82, 2.24) is 20.2 Å². The summed E-state index contributed by atoms with van der Waals surface area (Å²) in [5.41, 5.74) is 3.88. The molecule has 1 aromatic heterocycles. The maximum Gasteiger partial charge on any atom is 0.414 e. The number of aromatic nitrogens is 4. The number of tetrazole rings is 1. The van der Waals surface area contributed by atoms with E-state index in [1.54, 1.807) is 19.2 Å². The lowest BCUT2D eigenvalue weighted by Gasteiger charge is -2.15. The number of halogens is 1. The molecule has 0 aliphatic carbocycles. The fourth-order valence-corrected chi connectivity index (χ4v) is 4.26. The molecule has 9 nitrogen and oxygen atoms in total. The molecule has 0 N–H and O–H groups in total. The van der Waals surface area contributed by atoms with Crippen LogP contribution in [-0.4, -0.2) is 44.7 Å². The number of rotatable bonds is 6. The van der Waals surface area contributed by atoms with Crippen molar-refractivity contribution in [3.63, 3.8) is 0 Å². The number of hydrogen-bond donors (Lipinski definition) is 0. The molecule has 2 aliphatic rings. The second kappa shape index (κ2) is 8.27. The van der Waals surface area contributed by atoms with E-state index >= 15 is 4.39 Å². The van der Waals surface area contributed by atoms with Gasteiger partial charge in [-0.2, -0.15) is 4.80 Å². The van der Waals surface area contributed by atoms with Gasteiger partial charge in [0.25, 0.3) is 5.95 Å². The first-order valence-corrected chi connectivity index (χ1v) is 10.8. The molecule has 0 radical (unpaired) electrons. The van der Waals surface area contributed by atoms with Gasteiger partial charge in [-0.3, -0.25) is 4.90 Å². The maximum atomic E-state index is 15.1. The molecule has 170 valence electrons. The van der Waals surface area contributed by atoms with Gasteiger partial charge in [0.15, 0.2) is 0 Å². The van der Waals surface area contributed by atoms with Crippen LogP contribution in [0.2, 0.25) is 0 Å². The first kappa shape index (κ1) is 21.0. The summed E-state index contributed by atoms with van der Waals surface area (Å²) in [5.74, 6) is 0.188. The number of Topliss-reactive ketones (excluding diaryl/α,β-unsaturated/α-hetero) is 1. The summed E-state index contributed by atoms with van der Waals surface area (Å²) in [5, 5.41) is 12.2. The number of ketones is 1. The average Bonchev–Trinajstić information content (AvgIpc) is 3.49. The molecule has 0 bridgehead atoms. The Balaban J connectivity index is 1.33. The second-order valence-corrected chi connectivity index (χ2v) is 8.44. The van der Waals surface area contributed by atoms with Gasteiger partial charge in [-0.05, 0) is 59.5 Å². The summed E-state index contributed by atoms with van der Waals surface area (Å²) in [4.78, 5) is 28.3. The fraction of sp³-hybridized carbons (Fsp3) is 0.348. The van der Waals surface area contributed by atoms with Crippen molar-refractivity contribution in [3.05, 3.63) is 53.3 Å². The Morgan fingerprint density at radius 2 is 2.00 bits per heavy atom. The molecule has 2 aromatic carbocycles. The molecule has 1 fully saturated rings. The van der Waals surface area contributed by atoms with Crippen LogP contribution in [0.5, 0.6) is 0 Å². The number of cyclic esters (lactones) is 1. The topological polar surface area (TPSA) is 93.5 Å². The minimum absolute atomic E-state index is 0.0466. The van der Waals surface area contributed by atoms with Gasteiger partial charge < -0.3 is 14.4 Å². The molecule has 1 amide bonds. The van der Waals surface area contributed by atoms with Gasteiger partial charge in [-0.15, -0.1) is 5.10 Å². The number of anilines is 2. The summed E-state index contributed by atoms with van der Waals surface area (Å²) >= 11 is 0. The maximum absolute atomic E-state index is 15.1. The van der Waals surface area contributed by atoms with Gasteiger partial charge in [-0.25, -0.2) is 9.18 Å². The number of aryl methyl sites for hydroxylation is 1. The molecule has 10 heteroatoms. The quantitative estimate of drug-likeness (QED) is 0.569. The highest BCUT2D eigenvalue weighted by Gasteiger charge is 2.32. The van der Waals surface area contributed by atoms with Crippen molar-refractivity contribution in [2.24, 2.45) is 7.05 Å². The number of fused-ring (bicyclic) bond motifs is 1. The van der Waals surface area contributed by atoms with E-state index in [4.69, 9.17) is 4.74 Å². The molecule has 0 saturated carbocycles. The van der Waals surface area contributed by atoms with Crippen molar-refractivity contribution in [3.8, 4) is 11.1 Å². The van der Waals surface area contributed by atoms with Crippen LogP contribution in [-0.2, 0) is 29.7 Å². The fourth-order valence-electron chi connectivity index (χ4n) is 4.26. The Labute approximate surface area is 189 Å². The SMILES string of the molecule is CC(=O)CC[C@H]1CN(c2ccc(-c3ccc4c(c3)CN(c3nnn(C)n3)C4)c(F)c2)C(=O)O1. The van der Waals surface area contributed by atoms with Crippen molar-refractivity contribution in [2.75, 3.05) is 16.3 Å². The van der Waals surface area contributed by atoms with Crippen LogP contribution in [0.4, 0.5) is 20.8 Å². The molecule has 3 heterocycles. The predicted octanol–water partition coefficient (Wildman–Crippen LogP) is 3.23. The highest BCUT2D eigenvalue weighted by Crippen LogP contribution is 2.33. The Bertz CT molecular complexity index is 1240. The summed E-state index contributed by atoms with van der Waals surface area (Å²) in [6.07, 6.45) is -0.0747. The summed E-state index contributed by atoms with van der Waals surface area (Å²) < 4.78 is 20.4. The van der Waals surface area contributed by atoms with Crippen LogP contribution in [0.3, 0.4) is 0 Å². The predicted molar refractivity (Wildman–Crippen MR) is 118 cm³/mol. The summed E-state index contributed by atoms with van der Waals surface area (Å²) in [6.45, 7) is 3.10. The average molecular weight is 450 g/mol. The van der Waals surface area contributed by atoms with Gasteiger partial charge in [0.2, 0.25) is 0 Å². The molecule has 33 heavy (non-hydrogen) atoms. The molecule has 3 aromatic rings. The smallest absolute Gasteiger partial charge is 0.414 e. The lowest BCUT2D eigenvalue weighted by Crippen LogP contribution is -2.24. The molecule has 1 atom stereocenters. The third kappa shape index (κ3) is 4.15. The van der Waals surface area contributed by atoms with E-state index in [0.29, 0.717) is 49.7 Å². The van der Waals surface area contributed by atoms with Crippen LogP contribution >= 0.6 is 0 Å². The molecular formula is C23H23FN6O3. The third-order valence-electron chi connectivity index (χ3n) is 5.98. The Kier molecular flexibility index (Phi) is 5.27. The minimum atomic E-state index is -0.522. The van der Waals surface area contributed by atoms with Crippen LogP contribution in [0.25, 0.3) is 11.1 Å². The number of hydrogen-bond acceptors (Lipinski definition) is 7. The number of carbonyl (C=O) groups excluding carboxylic acids is 2. The van der Waals surface area contributed by atoms with Gasteiger partial charge in [0.05, 0.1) is 19.3 Å². The molecule has 2 aliphatic heterocycles. The summed E-state index contributed by atoms with van der Waals surface area (Å²) in [7, 11) is 1.72. The van der Waals surface area contributed by atoms with Crippen molar-refractivity contribution < 1.29 is 18.7 Å². The Morgan fingerprint density at radius 3 is 2.73 bits per heavy atom. The number of benzene rings is 2. The monoisotopic (exact) mass is 450 g/mol. The Hall–Kier alpha value is -3.82. The van der Waals surface area contributed by atoms with Gasteiger partial charge in [-0.1, -0.05) is 17.2 Å². The normalized spacial score (nSPS) is 17.4. The van der Waals surface area contributed by atoms with E-state index in [1.807, 2.05) is 23.1 Å². The number of ether oxygens (including phenoxy) is 1. The van der Waals surface area contributed by atoms with Crippen molar-refractivity contribution >= 4 is 23.5 Å². The zero-order valence-corrected chi connectivity index (χ0v) is 18.4. The second-order valence-electron chi connectivity index (χ2n) is 8.44. The van der Waals surface area contributed by atoms with E-state index in [0.717, 1.165) is 16.7 Å². The van der Waals surface area contributed by atoms with E-state index in [-0.39, 0.29) is 11.9 Å². The first-order chi connectivity index (χ1) is 15.9. The highest BCUT2D eigenvalue weighted by atomic mass is 19.1. The third-order valence-corrected chi connectivity index (χ3v) is 5.98. The Morgan fingerprint density at radius 1 is 1.18 bits per heavy atom. The number of amides is 1. The standard InChI is InChI=1S/C23H23FN6O3/c1-14(31)3-7-19-13-30(23(32)33-19)18-6-8-20(21(24)10-18)15-4-5-16-11-29(12-17(16)9-15)22-25-27-28(2)26-22/h4-6,8-10,19H,3,7,11-13H2,1-2H3/t19-/m0/s1. The van der Waals surface area contributed by atoms with Gasteiger partial charge in [0.1, 0.15) is 17.7 Å². The van der Waals surface area contributed by atoms with Crippen LogP contribution in [0.1, 0.15) is 30.9 Å². The minimum Gasteiger partial charge on any atom is -0.444 e. The number of carbonyl (C=O) groups is 2. The van der Waals surface area contributed by atoms with E-state index < -0.39 is 11.9 Å². The zero-order chi connectivity index (χ0) is 23.1. The zero-order valence-electron chi connectivity index (χ0n) is 18.4. The van der Waals surface area contributed by atoms with Crippen LogP contribution in [0, 0.1) is 5.82 Å².